The zero-order valence-corrected chi connectivity index (χ0v) is 7.86. The second kappa shape index (κ2) is 4.04. The Morgan fingerprint density at radius 3 is 2.67 bits per heavy atom. The second-order valence-electron chi connectivity index (χ2n) is 2.43. The maximum absolute atomic E-state index is 9.40. The average molecular weight is 236 g/mol. The molecule has 0 fully saturated rings. The highest BCUT2D eigenvalue weighted by atomic mass is 79.9. The summed E-state index contributed by atoms with van der Waals surface area (Å²) in [6, 6.07) is 2.55. The summed E-state index contributed by atoms with van der Waals surface area (Å²) in [5.74, 6) is 0.350. The molecule has 1 aromatic rings. The van der Waals surface area contributed by atoms with Gasteiger partial charge in [-0.25, -0.2) is 0 Å². The molecule has 0 aromatic carbocycles. The van der Waals surface area contributed by atoms with Crippen LogP contribution < -0.4 is 5.73 Å². The number of aliphatic hydroxyl groups excluding tert-OH is 2. The lowest BCUT2D eigenvalue weighted by molar-refractivity contribution is 0.0895. The minimum Gasteiger partial charge on any atom is -0.452 e. The monoisotopic (exact) mass is 235 g/mol. The number of nitrogens with two attached hydrogens (primary N) is 1. The molecule has 1 heterocycles. The number of aliphatic hydroxyl groups is 2. The van der Waals surface area contributed by atoms with Gasteiger partial charge in [0.1, 0.15) is 11.9 Å². The topological polar surface area (TPSA) is 79.6 Å². The van der Waals surface area contributed by atoms with Crippen molar-refractivity contribution in [2.75, 3.05) is 6.61 Å². The third-order valence-electron chi connectivity index (χ3n) is 1.50. The summed E-state index contributed by atoms with van der Waals surface area (Å²) in [6.07, 6.45) is -0.957. The van der Waals surface area contributed by atoms with Gasteiger partial charge in [-0.2, -0.15) is 0 Å². The van der Waals surface area contributed by atoms with Crippen molar-refractivity contribution in [3.63, 3.8) is 0 Å². The summed E-state index contributed by atoms with van der Waals surface area (Å²) >= 11 is 3.09. The number of halogens is 1. The van der Waals surface area contributed by atoms with Gasteiger partial charge in [-0.1, -0.05) is 0 Å². The molecular weight excluding hydrogens is 226 g/mol. The van der Waals surface area contributed by atoms with E-state index in [0.29, 0.717) is 10.4 Å². The van der Waals surface area contributed by atoms with E-state index in [4.69, 9.17) is 15.3 Å². The highest BCUT2D eigenvalue weighted by Gasteiger charge is 2.18. The minimum absolute atomic E-state index is 0.278. The lowest BCUT2D eigenvalue weighted by Gasteiger charge is -2.13. The molecule has 2 unspecified atom stereocenters. The first-order valence-corrected chi connectivity index (χ1v) is 4.24. The van der Waals surface area contributed by atoms with Crippen molar-refractivity contribution >= 4 is 15.9 Å². The predicted molar refractivity (Wildman–Crippen MR) is 46.4 cm³/mol. The lowest BCUT2D eigenvalue weighted by atomic mass is 10.1. The zero-order chi connectivity index (χ0) is 9.14. The zero-order valence-electron chi connectivity index (χ0n) is 6.27. The molecule has 0 amide bonds. The first kappa shape index (κ1) is 9.73. The Balaban J connectivity index is 2.70. The molecule has 4 N–H and O–H groups in total. The van der Waals surface area contributed by atoms with Crippen LogP contribution in [0.15, 0.2) is 21.2 Å². The molecular formula is C7H10BrNO3. The van der Waals surface area contributed by atoms with Gasteiger partial charge < -0.3 is 20.4 Å². The SMILES string of the molecule is NC(CO)C(O)c1ccc(Br)o1. The quantitative estimate of drug-likeness (QED) is 0.709. The Morgan fingerprint density at radius 1 is 1.58 bits per heavy atom. The van der Waals surface area contributed by atoms with Gasteiger partial charge in [0.2, 0.25) is 0 Å². The van der Waals surface area contributed by atoms with E-state index in [2.05, 4.69) is 15.9 Å². The fourth-order valence-electron chi connectivity index (χ4n) is 0.798. The van der Waals surface area contributed by atoms with Crippen molar-refractivity contribution in [3.8, 4) is 0 Å². The average Bonchev–Trinajstić information content (AvgIpc) is 2.49. The number of hydrogen-bond donors (Lipinski definition) is 3. The van der Waals surface area contributed by atoms with Crippen LogP contribution in [0, 0.1) is 0 Å². The summed E-state index contributed by atoms with van der Waals surface area (Å²) in [5.41, 5.74) is 5.38. The maximum Gasteiger partial charge on any atom is 0.169 e. The van der Waals surface area contributed by atoms with Crippen LogP contribution in [0.2, 0.25) is 0 Å². The van der Waals surface area contributed by atoms with Gasteiger partial charge in [-0.3, -0.25) is 0 Å². The van der Waals surface area contributed by atoms with Crippen LogP contribution in [-0.4, -0.2) is 22.9 Å². The molecule has 2 atom stereocenters. The molecule has 0 aliphatic rings. The van der Waals surface area contributed by atoms with Gasteiger partial charge >= 0.3 is 0 Å². The molecule has 4 nitrogen and oxygen atoms in total. The molecule has 12 heavy (non-hydrogen) atoms. The van der Waals surface area contributed by atoms with Crippen LogP contribution in [0.4, 0.5) is 0 Å². The molecule has 0 radical (unpaired) electrons. The largest absolute Gasteiger partial charge is 0.452 e. The van der Waals surface area contributed by atoms with Crippen molar-refractivity contribution in [3.05, 3.63) is 22.6 Å². The van der Waals surface area contributed by atoms with E-state index in [9.17, 15) is 5.11 Å². The van der Waals surface area contributed by atoms with Gasteiger partial charge in [0.25, 0.3) is 0 Å². The Labute approximate surface area is 78.1 Å². The van der Waals surface area contributed by atoms with Crippen molar-refractivity contribution in [2.24, 2.45) is 5.73 Å². The van der Waals surface area contributed by atoms with E-state index in [1.165, 1.54) is 0 Å². The van der Waals surface area contributed by atoms with Crippen molar-refractivity contribution in [1.29, 1.82) is 0 Å². The van der Waals surface area contributed by atoms with Gasteiger partial charge in [0, 0.05) is 0 Å². The van der Waals surface area contributed by atoms with Crippen molar-refractivity contribution in [1.82, 2.24) is 0 Å². The first-order chi connectivity index (χ1) is 5.65. The summed E-state index contributed by atoms with van der Waals surface area (Å²) in [4.78, 5) is 0. The summed E-state index contributed by atoms with van der Waals surface area (Å²) in [6.45, 7) is -0.278. The fraction of sp³-hybridized carbons (Fsp3) is 0.429. The number of hydrogen-bond acceptors (Lipinski definition) is 4. The third-order valence-corrected chi connectivity index (χ3v) is 1.93. The Hall–Kier alpha value is -0.360. The molecule has 1 rings (SSSR count). The van der Waals surface area contributed by atoms with Gasteiger partial charge in [-0.05, 0) is 28.1 Å². The van der Waals surface area contributed by atoms with Gasteiger partial charge in [0.15, 0.2) is 4.67 Å². The molecule has 0 saturated heterocycles. The van der Waals surface area contributed by atoms with Gasteiger partial charge in [-0.15, -0.1) is 0 Å². The van der Waals surface area contributed by atoms with Crippen LogP contribution in [0.5, 0.6) is 0 Å². The van der Waals surface area contributed by atoms with E-state index in [-0.39, 0.29) is 6.61 Å². The first-order valence-electron chi connectivity index (χ1n) is 3.45. The van der Waals surface area contributed by atoms with Crippen LogP contribution in [0.1, 0.15) is 11.9 Å². The van der Waals surface area contributed by atoms with Crippen LogP contribution in [0.25, 0.3) is 0 Å². The molecule has 0 saturated carbocycles. The summed E-state index contributed by atoms with van der Waals surface area (Å²) in [5, 5.41) is 18.0. The fourth-order valence-corrected chi connectivity index (χ4v) is 1.12. The maximum atomic E-state index is 9.40. The molecule has 0 aliphatic carbocycles. The molecule has 1 aromatic heterocycles. The Bertz CT molecular complexity index is 251. The van der Waals surface area contributed by atoms with Crippen LogP contribution in [0.3, 0.4) is 0 Å². The van der Waals surface area contributed by atoms with E-state index in [1.807, 2.05) is 0 Å². The van der Waals surface area contributed by atoms with E-state index in [1.54, 1.807) is 12.1 Å². The third kappa shape index (κ3) is 2.07. The Kier molecular flexibility index (Phi) is 3.28. The Morgan fingerprint density at radius 2 is 2.25 bits per heavy atom. The molecule has 0 spiro atoms. The smallest absolute Gasteiger partial charge is 0.169 e. The molecule has 0 bridgehead atoms. The number of furan rings is 1. The normalized spacial score (nSPS) is 16.0. The number of rotatable bonds is 3. The standard InChI is InChI=1S/C7H10BrNO3/c8-6-2-1-5(12-6)7(11)4(9)3-10/h1-2,4,7,10-11H,3,9H2. The summed E-state index contributed by atoms with van der Waals surface area (Å²) in [7, 11) is 0. The van der Waals surface area contributed by atoms with Crippen LogP contribution >= 0.6 is 15.9 Å². The van der Waals surface area contributed by atoms with E-state index >= 15 is 0 Å². The predicted octanol–water partition coefficient (Wildman–Crippen LogP) is 0.395. The summed E-state index contributed by atoms with van der Waals surface area (Å²) < 4.78 is 5.57. The molecule has 0 aliphatic heterocycles. The van der Waals surface area contributed by atoms with Gasteiger partial charge in [0.05, 0.1) is 12.6 Å². The highest BCUT2D eigenvalue weighted by Crippen LogP contribution is 2.21. The minimum atomic E-state index is -0.957. The van der Waals surface area contributed by atoms with Crippen molar-refractivity contribution < 1.29 is 14.6 Å². The lowest BCUT2D eigenvalue weighted by Crippen LogP contribution is -2.31. The molecule has 68 valence electrons. The second-order valence-corrected chi connectivity index (χ2v) is 3.21. The van der Waals surface area contributed by atoms with Crippen molar-refractivity contribution in [2.45, 2.75) is 12.1 Å². The van der Waals surface area contributed by atoms with E-state index < -0.39 is 12.1 Å². The highest BCUT2D eigenvalue weighted by molar-refractivity contribution is 9.10. The van der Waals surface area contributed by atoms with E-state index in [0.717, 1.165) is 0 Å². The molecule has 5 heteroatoms. The van der Waals surface area contributed by atoms with Crippen LogP contribution in [-0.2, 0) is 0 Å².